The molecule has 0 aliphatic carbocycles. The number of halogens is 2. The summed E-state index contributed by atoms with van der Waals surface area (Å²) in [5, 5.41) is 2.95. The summed E-state index contributed by atoms with van der Waals surface area (Å²) in [6.45, 7) is -0.686. The van der Waals surface area contributed by atoms with Crippen LogP contribution in [-0.4, -0.2) is 18.7 Å². The Morgan fingerprint density at radius 2 is 2.19 bits per heavy atom. The number of aryl methyl sites for hydroxylation is 1. The lowest BCUT2D eigenvalue weighted by molar-refractivity contribution is -0.0494. The topological polar surface area (TPSA) is 56.5 Å². The molecule has 0 radical (unpaired) electrons. The zero-order valence-corrected chi connectivity index (χ0v) is 11.7. The standard InChI is InChI=1S/C14H16F2N2O3/c1-3-9-7-18-13(20-9)8-17-11-6-10(19-2)4-5-12(11)21-14(15)16/h4-7,14,17H,3,8H2,1-2H3. The van der Waals surface area contributed by atoms with E-state index in [1.54, 1.807) is 18.3 Å². The van der Waals surface area contributed by atoms with Crippen molar-refractivity contribution < 1.29 is 22.7 Å². The zero-order valence-electron chi connectivity index (χ0n) is 11.7. The van der Waals surface area contributed by atoms with Gasteiger partial charge in [0.05, 0.1) is 25.5 Å². The van der Waals surface area contributed by atoms with Gasteiger partial charge in [0.15, 0.2) is 0 Å². The largest absolute Gasteiger partial charge is 0.497 e. The summed E-state index contributed by atoms with van der Waals surface area (Å²) in [6, 6.07) is 4.53. The van der Waals surface area contributed by atoms with E-state index in [0.717, 1.165) is 12.2 Å². The molecular formula is C14H16F2N2O3. The minimum absolute atomic E-state index is 0.0353. The Morgan fingerprint density at radius 1 is 1.38 bits per heavy atom. The van der Waals surface area contributed by atoms with Crippen LogP contribution in [0.15, 0.2) is 28.8 Å². The molecule has 0 bridgehead atoms. The van der Waals surface area contributed by atoms with E-state index in [4.69, 9.17) is 9.15 Å². The number of nitrogens with one attached hydrogen (secondary N) is 1. The van der Waals surface area contributed by atoms with Gasteiger partial charge in [-0.05, 0) is 12.1 Å². The Kier molecular flexibility index (Phi) is 4.97. The van der Waals surface area contributed by atoms with Gasteiger partial charge in [0.1, 0.15) is 17.3 Å². The smallest absolute Gasteiger partial charge is 0.387 e. The third kappa shape index (κ3) is 4.08. The molecule has 0 aliphatic heterocycles. The van der Waals surface area contributed by atoms with Crippen LogP contribution in [0.4, 0.5) is 14.5 Å². The van der Waals surface area contributed by atoms with Gasteiger partial charge in [0.2, 0.25) is 5.89 Å². The summed E-state index contributed by atoms with van der Waals surface area (Å²) < 4.78 is 39.7. The molecule has 1 N–H and O–H groups in total. The third-order valence-electron chi connectivity index (χ3n) is 2.78. The molecule has 0 saturated heterocycles. The Morgan fingerprint density at radius 3 is 2.81 bits per heavy atom. The van der Waals surface area contributed by atoms with Gasteiger partial charge in [-0.15, -0.1) is 0 Å². The molecule has 114 valence electrons. The molecule has 0 amide bonds. The highest BCUT2D eigenvalue weighted by atomic mass is 19.3. The lowest BCUT2D eigenvalue weighted by atomic mass is 10.2. The van der Waals surface area contributed by atoms with Crippen molar-refractivity contribution in [1.29, 1.82) is 0 Å². The van der Waals surface area contributed by atoms with Gasteiger partial charge in [-0.25, -0.2) is 4.98 Å². The first-order valence-electron chi connectivity index (χ1n) is 6.42. The second kappa shape index (κ2) is 6.92. The summed E-state index contributed by atoms with van der Waals surface area (Å²) in [7, 11) is 1.49. The van der Waals surface area contributed by atoms with Crippen molar-refractivity contribution in [3.63, 3.8) is 0 Å². The second-order valence-electron chi connectivity index (χ2n) is 4.17. The predicted molar refractivity (Wildman–Crippen MR) is 72.8 cm³/mol. The molecule has 2 rings (SSSR count). The summed E-state index contributed by atoms with van der Waals surface area (Å²) in [5.74, 6) is 1.80. The molecule has 0 unspecified atom stereocenters. The monoisotopic (exact) mass is 298 g/mol. The van der Waals surface area contributed by atoms with Crippen molar-refractivity contribution in [2.45, 2.75) is 26.5 Å². The van der Waals surface area contributed by atoms with Gasteiger partial charge in [-0.3, -0.25) is 0 Å². The van der Waals surface area contributed by atoms with Crippen LogP contribution in [0.5, 0.6) is 11.5 Å². The molecule has 0 saturated carbocycles. The van der Waals surface area contributed by atoms with Crippen LogP contribution < -0.4 is 14.8 Å². The van der Waals surface area contributed by atoms with E-state index in [-0.39, 0.29) is 12.3 Å². The maximum Gasteiger partial charge on any atom is 0.387 e. The van der Waals surface area contributed by atoms with Crippen molar-refractivity contribution in [2.75, 3.05) is 12.4 Å². The van der Waals surface area contributed by atoms with E-state index >= 15 is 0 Å². The molecule has 0 atom stereocenters. The van der Waals surface area contributed by atoms with Crippen molar-refractivity contribution in [3.05, 3.63) is 36.0 Å². The third-order valence-corrected chi connectivity index (χ3v) is 2.78. The normalized spacial score (nSPS) is 10.7. The van der Waals surface area contributed by atoms with Gasteiger partial charge in [0.25, 0.3) is 0 Å². The SMILES string of the molecule is CCc1cnc(CNc2cc(OC)ccc2OC(F)F)o1. The summed E-state index contributed by atoms with van der Waals surface area (Å²) in [6.07, 6.45) is 2.38. The number of nitrogens with zero attached hydrogens (tertiary/aromatic N) is 1. The molecule has 5 nitrogen and oxygen atoms in total. The summed E-state index contributed by atoms with van der Waals surface area (Å²) >= 11 is 0. The molecule has 1 aromatic heterocycles. The Bertz CT molecular complexity index is 587. The fourth-order valence-electron chi connectivity index (χ4n) is 1.74. The minimum Gasteiger partial charge on any atom is -0.497 e. The quantitative estimate of drug-likeness (QED) is 0.848. The number of methoxy groups -OCH3 is 1. The molecule has 0 spiro atoms. The highest BCUT2D eigenvalue weighted by Gasteiger charge is 2.12. The molecule has 0 aliphatic rings. The van der Waals surface area contributed by atoms with E-state index < -0.39 is 6.61 Å². The van der Waals surface area contributed by atoms with E-state index in [1.807, 2.05) is 6.92 Å². The van der Waals surface area contributed by atoms with Crippen LogP contribution in [0.3, 0.4) is 0 Å². The van der Waals surface area contributed by atoms with Crippen molar-refractivity contribution in [3.8, 4) is 11.5 Å². The molecular weight excluding hydrogens is 282 g/mol. The number of alkyl halides is 2. The summed E-state index contributed by atoms with van der Waals surface area (Å²) in [4.78, 5) is 4.09. The number of benzene rings is 1. The lowest BCUT2D eigenvalue weighted by Crippen LogP contribution is -2.07. The molecule has 1 heterocycles. The number of aromatic nitrogens is 1. The Hall–Kier alpha value is -2.31. The first kappa shape index (κ1) is 15.1. The zero-order chi connectivity index (χ0) is 15.2. The number of hydrogen-bond acceptors (Lipinski definition) is 5. The van der Waals surface area contributed by atoms with Crippen molar-refractivity contribution in [2.24, 2.45) is 0 Å². The van der Waals surface area contributed by atoms with E-state index in [2.05, 4.69) is 15.0 Å². The number of rotatable bonds is 7. The van der Waals surface area contributed by atoms with Crippen molar-refractivity contribution >= 4 is 5.69 Å². The first-order chi connectivity index (χ1) is 10.1. The van der Waals surface area contributed by atoms with Gasteiger partial charge in [0, 0.05) is 12.5 Å². The average Bonchev–Trinajstić information content (AvgIpc) is 2.93. The highest BCUT2D eigenvalue weighted by molar-refractivity contribution is 5.59. The molecule has 0 fully saturated rings. The predicted octanol–water partition coefficient (Wildman–Crippen LogP) is 3.46. The number of anilines is 1. The number of hydrogen-bond donors (Lipinski definition) is 1. The number of oxazole rings is 1. The molecule has 2 aromatic rings. The van der Waals surface area contributed by atoms with Crippen LogP contribution >= 0.6 is 0 Å². The Balaban J connectivity index is 2.12. The molecule has 21 heavy (non-hydrogen) atoms. The van der Waals surface area contributed by atoms with E-state index in [0.29, 0.717) is 17.3 Å². The van der Waals surface area contributed by atoms with E-state index in [9.17, 15) is 8.78 Å². The Labute approximate surface area is 120 Å². The fraction of sp³-hybridized carbons (Fsp3) is 0.357. The van der Waals surface area contributed by atoms with Crippen LogP contribution in [0.25, 0.3) is 0 Å². The average molecular weight is 298 g/mol. The minimum atomic E-state index is -2.90. The summed E-state index contributed by atoms with van der Waals surface area (Å²) in [5.41, 5.74) is 0.380. The van der Waals surface area contributed by atoms with Crippen LogP contribution in [0.1, 0.15) is 18.6 Å². The van der Waals surface area contributed by atoms with Gasteiger partial charge in [-0.1, -0.05) is 6.92 Å². The lowest BCUT2D eigenvalue weighted by Gasteiger charge is -2.13. The maximum absolute atomic E-state index is 12.4. The van der Waals surface area contributed by atoms with Gasteiger partial charge in [-0.2, -0.15) is 8.78 Å². The van der Waals surface area contributed by atoms with Gasteiger partial charge < -0.3 is 19.2 Å². The fourth-order valence-corrected chi connectivity index (χ4v) is 1.74. The van der Waals surface area contributed by atoms with Crippen LogP contribution in [0.2, 0.25) is 0 Å². The number of ether oxygens (including phenoxy) is 2. The van der Waals surface area contributed by atoms with Gasteiger partial charge >= 0.3 is 6.61 Å². The maximum atomic E-state index is 12.4. The molecule has 1 aromatic carbocycles. The second-order valence-corrected chi connectivity index (χ2v) is 4.17. The van der Waals surface area contributed by atoms with Crippen molar-refractivity contribution in [1.82, 2.24) is 4.98 Å². The van der Waals surface area contributed by atoms with Crippen LogP contribution in [0, 0.1) is 0 Å². The van der Waals surface area contributed by atoms with E-state index in [1.165, 1.54) is 13.2 Å². The molecule has 7 heteroatoms. The highest BCUT2D eigenvalue weighted by Crippen LogP contribution is 2.30. The van der Waals surface area contributed by atoms with Crippen LogP contribution in [-0.2, 0) is 13.0 Å². The first-order valence-corrected chi connectivity index (χ1v) is 6.42.